The number of hydrogen-bond acceptors (Lipinski definition) is 7. The minimum atomic E-state index is -0.803. The molecule has 0 spiro atoms. The van der Waals surface area contributed by atoms with Crippen molar-refractivity contribution in [1.29, 1.82) is 0 Å². The Morgan fingerprint density at radius 3 is 2.16 bits per heavy atom. The first-order chi connectivity index (χ1) is 11.7. The average Bonchev–Trinajstić information content (AvgIpc) is 2.55. The second-order valence-corrected chi connectivity index (χ2v) is 6.86. The number of nitrogens with zero attached hydrogens (tertiary/aromatic N) is 1. The first kappa shape index (κ1) is 21.1. The highest BCUT2D eigenvalue weighted by Gasteiger charge is 2.22. The van der Waals surface area contributed by atoms with Gasteiger partial charge in [-0.15, -0.1) is 4.91 Å². The molecule has 0 aliphatic heterocycles. The van der Waals surface area contributed by atoms with Crippen molar-refractivity contribution in [3.63, 3.8) is 0 Å². The SMILES string of the molecule is COC(C)(C)CCOC(C)(C)CCOC(=O)Oc1ccc(N=O)cc1. The quantitative estimate of drug-likeness (QED) is 0.347. The molecular weight excluding hydrogens is 326 g/mol. The lowest BCUT2D eigenvalue weighted by Gasteiger charge is -2.28. The molecule has 0 atom stereocenters. The van der Waals surface area contributed by atoms with Crippen LogP contribution in [-0.4, -0.2) is 37.7 Å². The number of ether oxygens (including phenoxy) is 4. The molecule has 0 saturated heterocycles. The van der Waals surface area contributed by atoms with Crippen LogP contribution < -0.4 is 4.74 Å². The highest BCUT2D eigenvalue weighted by Crippen LogP contribution is 2.20. The number of methoxy groups -OCH3 is 1. The Balaban J connectivity index is 2.29. The van der Waals surface area contributed by atoms with Gasteiger partial charge in [0.2, 0.25) is 0 Å². The van der Waals surface area contributed by atoms with Crippen molar-refractivity contribution in [1.82, 2.24) is 0 Å². The summed E-state index contributed by atoms with van der Waals surface area (Å²) in [6.07, 6.45) is 0.494. The van der Waals surface area contributed by atoms with Crippen molar-refractivity contribution in [2.75, 3.05) is 20.3 Å². The standard InChI is InChI=1S/C18H27NO6/c1-17(2,22-5)11-13-24-18(3,4)10-12-23-16(20)25-15-8-6-14(19-21)7-9-15/h6-9H,10-13H2,1-5H3. The Morgan fingerprint density at radius 2 is 1.60 bits per heavy atom. The summed E-state index contributed by atoms with van der Waals surface area (Å²) in [6, 6.07) is 5.85. The van der Waals surface area contributed by atoms with Crippen LogP contribution in [0.5, 0.6) is 5.75 Å². The third-order valence-corrected chi connectivity index (χ3v) is 3.82. The number of hydrogen-bond donors (Lipinski definition) is 0. The van der Waals surface area contributed by atoms with Crippen molar-refractivity contribution >= 4 is 11.8 Å². The van der Waals surface area contributed by atoms with Crippen molar-refractivity contribution in [2.45, 2.75) is 51.7 Å². The van der Waals surface area contributed by atoms with E-state index in [-0.39, 0.29) is 23.6 Å². The predicted octanol–water partition coefficient (Wildman–Crippen LogP) is 4.60. The minimum Gasteiger partial charge on any atom is -0.434 e. The van der Waals surface area contributed by atoms with Gasteiger partial charge in [0, 0.05) is 13.5 Å². The molecule has 1 aromatic carbocycles. The molecule has 7 heteroatoms. The van der Waals surface area contributed by atoms with Gasteiger partial charge in [0.05, 0.1) is 24.4 Å². The number of rotatable bonds is 10. The Bertz CT molecular complexity index is 553. The van der Waals surface area contributed by atoms with E-state index in [1.165, 1.54) is 24.3 Å². The normalized spacial score (nSPS) is 11.9. The van der Waals surface area contributed by atoms with E-state index >= 15 is 0 Å². The molecule has 0 bridgehead atoms. The molecule has 7 nitrogen and oxygen atoms in total. The van der Waals surface area contributed by atoms with E-state index in [2.05, 4.69) is 5.18 Å². The lowest BCUT2D eigenvalue weighted by molar-refractivity contribution is -0.0671. The lowest BCUT2D eigenvalue weighted by atomic mass is 10.0. The van der Waals surface area contributed by atoms with Crippen LogP contribution in [0.1, 0.15) is 40.5 Å². The highest BCUT2D eigenvalue weighted by molar-refractivity contribution is 5.64. The molecule has 0 N–H and O–H groups in total. The van der Waals surface area contributed by atoms with Gasteiger partial charge in [0.25, 0.3) is 0 Å². The van der Waals surface area contributed by atoms with Crippen LogP contribution in [0, 0.1) is 4.91 Å². The van der Waals surface area contributed by atoms with Crippen molar-refractivity contribution in [3.05, 3.63) is 29.2 Å². The third-order valence-electron chi connectivity index (χ3n) is 3.82. The number of carbonyl (C=O) groups excluding carboxylic acids is 1. The average molecular weight is 353 g/mol. The minimum absolute atomic E-state index is 0.174. The summed E-state index contributed by atoms with van der Waals surface area (Å²) < 4.78 is 21.3. The molecule has 0 heterocycles. The van der Waals surface area contributed by atoms with Crippen LogP contribution in [0.15, 0.2) is 29.4 Å². The molecule has 0 aliphatic rings. The second-order valence-electron chi connectivity index (χ2n) is 6.86. The fourth-order valence-electron chi connectivity index (χ4n) is 1.83. The first-order valence-electron chi connectivity index (χ1n) is 8.14. The number of carbonyl (C=O) groups is 1. The van der Waals surface area contributed by atoms with Crippen molar-refractivity contribution in [2.24, 2.45) is 5.18 Å². The molecule has 0 aliphatic carbocycles. The summed E-state index contributed by atoms with van der Waals surface area (Å²) in [6.45, 7) is 8.60. The molecule has 140 valence electrons. The summed E-state index contributed by atoms with van der Waals surface area (Å²) in [4.78, 5) is 22.0. The number of nitroso groups, excluding NO2 is 1. The van der Waals surface area contributed by atoms with Gasteiger partial charge < -0.3 is 18.9 Å². The largest absolute Gasteiger partial charge is 0.513 e. The molecule has 0 saturated carbocycles. The summed E-state index contributed by atoms with van der Waals surface area (Å²) in [5.74, 6) is 0.287. The van der Waals surface area contributed by atoms with E-state index in [1.54, 1.807) is 7.11 Å². The van der Waals surface area contributed by atoms with E-state index in [4.69, 9.17) is 18.9 Å². The summed E-state index contributed by atoms with van der Waals surface area (Å²) in [5, 5.41) is 2.77. The smallest absolute Gasteiger partial charge is 0.434 e. The molecule has 0 radical (unpaired) electrons. The van der Waals surface area contributed by atoms with Crippen LogP contribution in [-0.2, 0) is 14.2 Å². The molecule has 25 heavy (non-hydrogen) atoms. The van der Waals surface area contributed by atoms with E-state index in [0.29, 0.717) is 13.0 Å². The predicted molar refractivity (Wildman–Crippen MR) is 94.2 cm³/mol. The zero-order chi connectivity index (χ0) is 18.9. The van der Waals surface area contributed by atoms with Gasteiger partial charge >= 0.3 is 6.16 Å². The fourth-order valence-corrected chi connectivity index (χ4v) is 1.83. The van der Waals surface area contributed by atoms with E-state index in [9.17, 15) is 9.70 Å². The van der Waals surface area contributed by atoms with E-state index < -0.39 is 11.8 Å². The van der Waals surface area contributed by atoms with Gasteiger partial charge in [-0.3, -0.25) is 0 Å². The summed E-state index contributed by atoms with van der Waals surface area (Å²) >= 11 is 0. The summed E-state index contributed by atoms with van der Waals surface area (Å²) in [7, 11) is 1.67. The Labute approximate surface area is 148 Å². The molecular formula is C18H27NO6. The molecule has 1 rings (SSSR count). The van der Waals surface area contributed by atoms with Gasteiger partial charge in [0.15, 0.2) is 0 Å². The van der Waals surface area contributed by atoms with Crippen molar-refractivity contribution < 1.29 is 23.7 Å². The van der Waals surface area contributed by atoms with Crippen LogP contribution in [0.2, 0.25) is 0 Å². The van der Waals surface area contributed by atoms with Gasteiger partial charge in [-0.25, -0.2) is 4.79 Å². The highest BCUT2D eigenvalue weighted by atomic mass is 16.7. The Kier molecular flexibility index (Phi) is 7.99. The third kappa shape index (κ3) is 8.60. The van der Waals surface area contributed by atoms with E-state index in [1.807, 2.05) is 27.7 Å². The fraction of sp³-hybridized carbons (Fsp3) is 0.611. The van der Waals surface area contributed by atoms with Crippen LogP contribution in [0.4, 0.5) is 10.5 Å². The van der Waals surface area contributed by atoms with Gasteiger partial charge in [-0.1, -0.05) is 0 Å². The molecule has 1 aromatic rings. The monoisotopic (exact) mass is 353 g/mol. The summed E-state index contributed by atoms with van der Waals surface area (Å²) in [5.41, 5.74) is -0.400. The van der Waals surface area contributed by atoms with Crippen LogP contribution >= 0.6 is 0 Å². The zero-order valence-electron chi connectivity index (χ0n) is 15.5. The maximum Gasteiger partial charge on any atom is 0.513 e. The maximum absolute atomic E-state index is 11.7. The van der Waals surface area contributed by atoms with Gasteiger partial charge in [0.1, 0.15) is 11.4 Å². The molecule has 0 aromatic heterocycles. The number of benzene rings is 1. The van der Waals surface area contributed by atoms with Crippen LogP contribution in [0.25, 0.3) is 0 Å². The van der Waals surface area contributed by atoms with Crippen molar-refractivity contribution in [3.8, 4) is 5.75 Å². The topological polar surface area (TPSA) is 83.4 Å². The van der Waals surface area contributed by atoms with Gasteiger partial charge in [-0.05, 0) is 63.6 Å². The Hall–Kier alpha value is -1.99. The lowest BCUT2D eigenvalue weighted by Crippen LogP contribution is -2.31. The van der Waals surface area contributed by atoms with E-state index in [0.717, 1.165) is 6.42 Å². The Morgan fingerprint density at radius 1 is 1.00 bits per heavy atom. The second kappa shape index (κ2) is 9.48. The van der Waals surface area contributed by atoms with Gasteiger partial charge in [-0.2, -0.15) is 0 Å². The first-order valence-corrected chi connectivity index (χ1v) is 8.14. The zero-order valence-corrected chi connectivity index (χ0v) is 15.5. The molecule has 0 amide bonds. The van der Waals surface area contributed by atoms with Crippen LogP contribution in [0.3, 0.4) is 0 Å². The molecule has 0 fully saturated rings. The maximum atomic E-state index is 11.7. The molecule has 0 unspecified atom stereocenters.